The first-order valence-electron chi connectivity index (χ1n) is 23.6. The van der Waals surface area contributed by atoms with E-state index in [0.717, 1.165) is 0 Å². The monoisotopic (exact) mass is 1010 g/mol. The summed E-state index contributed by atoms with van der Waals surface area (Å²) in [4.78, 5) is 135. The van der Waals surface area contributed by atoms with Gasteiger partial charge in [0.2, 0.25) is 47.3 Å². The standard InChI is InChI=1S/C42H75N19O10/c43-15-3-1-8-25(45)34(64)57-27(10-5-17-52-41(47)48)36(66)58-28(13-14-32(46)62)37(67)60-30(20-24-21-51-23-55-24)39(69)61-19-7-12-31(61)38(68)54-22-33(63)56-26(9-2-4-16-44)35(65)59-29(40(70)71)11-6-18-53-42(49)50/h21,23,25-31H,1-20,22,43-45H2,(H2,46,62)(H,51,55)(H,54,68)(H,56,63)(H,57,64)(H,58,66)(H,59,65)(H,60,67)(H,70,71)(H4,47,48,52)(H4,49,50,53)/t25-,26+,27+,28-,29+,30-,31-/m1/s1. The molecule has 1 fully saturated rings. The summed E-state index contributed by atoms with van der Waals surface area (Å²) in [7, 11) is 0. The van der Waals surface area contributed by atoms with Crippen molar-refractivity contribution in [2.75, 3.05) is 39.3 Å². The number of hydrogen-bond donors (Lipinski definition) is 16. The predicted octanol–water partition coefficient (Wildman–Crippen LogP) is -6.47. The number of aliphatic carboxylic acids is 1. The summed E-state index contributed by atoms with van der Waals surface area (Å²) >= 11 is 0. The molecule has 398 valence electrons. The van der Waals surface area contributed by atoms with Crippen LogP contribution in [0.5, 0.6) is 0 Å². The third-order valence-electron chi connectivity index (χ3n) is 11.2. The molecule has 24 N–H and O–H groups in total. The third-order valence-corrected chi connectivity index (χ3v) is 11.2. The highest BCUT2D eigenvalue weighted by Gasteiger charge is 2.39. The topological polar surface area (TPSA) is 511 Å². The summed E-state index contributed by atoms with van der Waals surface area (Å²) in [6, 6.07) is -8.66. The maximum atomic E-state index is 14.4. The molecule has 2 heterocycles. The Balaban J connectivity index is 2.27. The Labute approximate surface area is 411 Å². The maximum absolute atomic E-state index is 14.4. The molecule has 29 nitrogen and oxygen atoms in total. The average molecular weight is 1010 g/mol. The maximum Gasteiger partial charge on any atom is 0.326 e. The molecule has 2 rings (SSSR count). The van der Waals surface area contributed by atoms with Gasteiger partial charge in [-0.05, 0) is 90.1 Å². The van der Waals surface area contributed by atoms with Crippen molar-refractivity contribution in [2.24, 2.45) is 55.9 Å². The van der Waals surface area contributed by atoms with Crippen molar-refractivity contribution in [3.63, 3.8) is 0 Å². The van der Waals surface area contributed by atoms with Gasteiger partial charge >= 0.3 is 5.97 Å². The zero-order valence-electron chi connectivity index (χ0n) is 40.1. The number of nitrogens with zero attached hydrogens (tertiary/aromatic N) is 4. The molecule has 1 aromatic rings. The fourth-order valence-electron chi connectivity index (χ4n) is 7.44. The van der Waals surface area contributed by atoms with E-state index in [1.54, 1.807) is 0 Å². The lowest BCUT2D eigenvalue weighted by molar-refractivity contribution is -0.142. The van der Waals surface area contributed by atoms with Crippen molar-refractivity contribution >= 4 is 65.1 Å². The van der Waals surface area contributed by atoms with Crippen LogP contribution in [0.4, 0.5) is 0 Å². The Morgan fingerprint density at radius 3 is 1.76 bits per heavy atom. The minimum atomic E-state index is -1.47. The number of aromatic nitrogens is 2. The van der Waals surface area contributed by atoms with E-state index in [1.165, 1.54) is 17.4 Å². The van der Waals surface area contributed by atoms with Crippen molar-refractivity contribution < 1.29 is 48.3 Å². The Morgan fingerprint density at radius 1 is 0.690 bits per heavy atom. The molecule has 71 heavy (non-hydrogen) atoms. The number of nitrogens with two attached hydrogens (primary N) is 8. The second kappa shape index (κ2) is 32.6. The normalized spacial score (nSPS) is 15.6. The highest BCUT2D eigenvalue weighted by Crippen LogP contribution is 2.20. The van der Waals surface area contributed by atoms with Crippen LogP contribution >= 0.6 is 0 Å². The van der Waals surface area contributed by atoms with Crippen LogP contribution in [0.2, 0.25) is 0 Å². The Morgan fingerprint density at radius 2 is 1.21 bits per heavy atom. The zero-order chi connectivity index (χ0) is 52.9. The SMILES string of the molecule is NCCCC[C@@H](N)C(=O)N[C@@H](CCCN=C(N)N)C(=O)N[C@H](CCC(N)=O)C(=O)N[C@H](Cc1cnc[nH]1)C(=O)N1CCC[C@@H]1C(=O)NCC(=O)N[C@@H](CCCCN)C(=O)N[C@@H](CCCN=C(N)N)C(=O)O. The van der Waals surface area contributed by atoms with Gasteiger partial charge in [-0.25, -0.2) is 9.78 Å². The van der Waals surface area contributed by atoms with E-state index in [4.69, 9.17) is 45.9 Å². The second-order valence-corrected chi connectivity index (χ2v) is 17.0. The fraction of sp³-hybridized carbons (Fsp3) is 0.667. The lowest BCUT2D eigenvalue weighted by Gasteiger charge is -2.30. The molecule has 1 aliphatic rings. The minimum absolute atomic E-state index is 0.00939. The number of unbranched alkanes of at least 4 members (excludes halogenated alkanes) is 2. The van der Waals surface area contributed by atoms with Gasteiger partial charge in [0.1, 0.15) is 36.3 Å². The van der Waals surface area contributed by atoms with Crippen molar-refractivity contribution in [3.05, 3.63) is 18.2 Å². The van der Waals surface area contributed by atoms with Gasteiger partial charge in [0.25, 0.3) is 0 Å². The lowest BCUT2D eigenvalue weighted by Crippen LogP contribution is -2.59. The molecule has 1 saturated heterocycles. The fourth-order valence-corrected chi connectivity index (χ4v) is 7.44. The van der Waals surface area contributed by atoms with Gasteiger partial charge in [0.15, 0.2) is 11.9 Å². The van der Waals surface area contributed by atoms with Gasteiger partial charge in [-0.1, -0.05) is 6.42 Å². The number of carbonyl (C=O) groups excluding carboxylic acids is 8. The Bertz CT molecular complexity index is 1960. The third kappa shape index (κ3) is 23.3. The molecule has 0 saturated carbocycles. The van der Waals surface area contributed by atoms with E-state index in [2.05, 4.69) is 51.9 Å². The highest BCUT2D eigenvalue weighted by molar-refractivity contribution is 5.97. The summed E-state index contributed by atoms with van der Waals surface area (Å²) in [6.45, 7) is 0.389. The van der Waals surface area contributed by atoms with Crippen LogP contribution in [0.1, 0.15) is 95.6 Å². The number of carboxylic acids is 1. The van der Waals surface area contributed by atoms with E-state index in [9.17, 15) is 48.3 Å². The lowest BCUT2D eigenvalue weighted by atomic mass is 10.0. The molecular weight excluding hydrogens is 931 g/mol. The summed E-state index contributed by atoms with van der Waals surface area (Å²) < 4.78 is 0. The molecule has 0 spiro atoms. The molecule has 1 aromatic heterocycles. The number of nitrogens with one attached hydrogen (secondary N) is 7. The first kappa shape index (κ1) is 60.0. The van der Waals surface area contributed by atoms with Crippen molar-refractivity contribution in [2.45, 2.75) is 139 Å². The van der Waals surface area contributed by atoms with Gasteiger partial charge in [0.05, 0.1) is 18.9 Å². The van der Waals surface area contributed by atoms with E-state index in [-0.39, 0.29) is 95.8 Å². The van der Waals surface area contributed by atoms with E-state index in [1.807, 2.05) is 0 Å². The summed E-state index contributed by atoms with van der Waals surface area (Å²) in [6.07, 6.45) is 5.43. The number of H-pyrrole nitrogens is 1. The van der Waals surface area contributed by atoms with Gasteiger partial charge in [-0.15, -0.1) is 0 Å². The number of guanidine groups is 2. The number of carbonyl (C=O) groups is 9. The smallest absolute Gasteiger partial charge is 0.326 e. The molecule has 8 amide bonds. The van der Waals surface area contributed by atoms with Gasteiger partial charge < -0.3 is 92.8 Å². The average Bonchev–Trinajstić information content (AvgIpc) is 4.03. The van der Waals surface area contributed by atoms with Gasteiger partial charge in [-0.2, -0.15) is 0 Å². The van der Waals surface area contributed by atoms with Crippen LogP contribution in [0, 0.1) is 0 Å². The van der Waals surface area contributed by atoms with Crippen LogP contribution in [0.15, 0.2) is 22.5 Å². The van der Waals surface area contributed by atoms with Crippen molar-refractivity contribution in [3.8, 4) is 0 Å². The van der Waals surface area contributed by atoms with E-state index >= 15 is 0 Å². The van der Waals surface area contributed by atoms with Gasteiger partial charge in [-0.3, -0.25) is 48.3 Å². The quantitative estimate of drug-likeness (QED) is 0.0171. The minimum Gasteiger partial charge on any atom is -0.480 e. The Kier molecular flexibility index (Phi) is 27.6. The number of amides is 8. The number of hydrogen-bond acceptors (Lipinski definition) is 15. The zero-order valence-corrected chi connectivity index (χ0v) is 40.1. The van der Waals surface area contributed by atoms with Crippen molar-refractivity contribution in [1.29, 1.82) is 0 Å². The number of imidazole rings is 1. The van der Waals surface area contributed by atoms with Crippen LogP contribution in [-0.2, 0) is 49.6 Å². The summed E-state index contributed by atoms with van der Waals surface area (Å²) in [5.41, 5.74) is 44.6. The molecule has 0 aromatic carbocycles. The largest absolute Gasteiger partial charge is 0.480 e. The molecule has 0 radical (unpaired) electrons. The molecule has 0 unspecified atom stereocenters. The summed E-state index contributed by atoms with van der Waals surface area (Å²) in [5, 5.41) is 25.0. The molecule has 29 heteroatoms. The van der Waals surface area contributed by atoms with Gasteiger partial charge in [0, 0.05) is 44.4 Å². The highest BCUT2D eigenvalue weighted by atomic mass is 16.4. The molecular formula is C42H75N19O10. The van der Waals surface area contributed by atoms with Crippen LogP contribution in [0.25, 0.3) is 0 Å². The van der Waals surface area contributed by atoms with E-state index in [0.29, 0.717) is 50.9 Å². The van der Waals surface area contributed by atoms with Crippen LogP contribution in [-0.4, -0.2) is 167 Å². The predicted molar refractivity (Wildman–Crippen MR) is 259 cm³/mol. The first-order valence-corrected chi connectivity index (χ1v) is 23.6. The number of likely N-dealkylation sites (tertiary alicyclic amines) is 1. The summed E-state index contributed by atoms with van der Waals surface area (Å²) in [5.74, 6) is -7.79. The number of aromatic amines is 1. The van der Waals surface area contributed by atoms with Crippen LogP contribution in [0.3, 0.4) is 0 Å². The van der Waals surface area contributed by atoms with Crippen LogP contribution < -0.4 is 77.8 Å². The van der Waals surface area contributed by atoms with Crippen molar-refractivity contribution in [1.82, 2.24) is 46.8 Å². The second-order valence-electron chi connectivity index (χ2n) is 17.0. The number of carboxylic acid groups (broad SMARTS) is 1. The number of rotatable bonds is 35. The molecule has 1 aliphatic heterocycles. The molecule has 0 bridgehead atoms. The molecule has 7 atom stereocenters. The first-order chi connectivity index (χ1) is 33.8. The van der Waals surface area contributed by atoms with E-state index < -0.39 is 102 Å². The Hall–Kier alpha value is -7.14. The number of primary amides is 1. The number of aliphatic imine (C=N–C) groups is 2. The molecule has 0 aliphatic carbocycles.